The highest BCUT2D eigenvalue weighted by atomic mass is 79.9. The third kappa shape index (κ3) is 4.18. The normalized spacial score (nSPS) is 14.9. The van der Waals surface area contributed by atoms with Crippen molar-refractivity contribution >= 4 is 28.0 Å². The van der Waals surface area contributed by atoms with Gasteiger partial charge < -0.3 is 9.84 Å². The summed E-state index contributed by atoms with van der Waals surface area (Å²) in [6.07, 6.45) is 6.44. The molecule has 1 aliphatic carbocycles. The van der Waals surface area contributed by atoms with Crippen LogP contribution < -0.4 is 4.74 Å². The molecule has 0 saturated heterocycles. The lowest BCUT2D eigenvalue weighted by atomic mass is 10.2. The Bertz CT molecular complexity index is 464. The SMILES string of the molecule is O=C(O)/C=C/c1cc(OCCC2CC2)ccc1Br. The molecule has 0 aromatic heterocycles. The van der Waals surface area contributed by atoms with Gasteiger partial charge in [-0.1, -0.05) is 28.8 Å². The van der Waals surface area contributed by atoms with Gasteiger partial charge in [-0.25, -0.2) is 4.79 Å². The Kier molecular flexibility index (Phi) is 4.42. The Morgan fingerprint density at radius 2 is 2.28 bits per heavy atom. The molecule has 0 spiro atoms. The number of carboxylic acids is 1. The molecule has 1 aromatic rings. The van der Waals surface area contributed by atoms with Crippen LogP contribution in [-0.4, -0.2) is 17.7 Å². The Labute approximate surface area is 115 Å². The van der Waals surface area contributed by atoms with Crippen LogP contribution in [0.2, 0.25) is 0 Å². The quantitative estimate of drug-likeness (QED) is 0.814. The van der Waals surface area contributed by atoms with E-state index in [2.05, 4.69) is 15.9 Å². The van der Waals surface area contributed by atoms with Gasteiger partial charge in [0.1, 0.15) is 5.75 Å². The topological polar surface area (TPSA) is 46.5 Å². The summed E-state index contributed by atoms with van der Waals surface area (Å²) in [5, 5.41) is 8.61. The Hall–Kier alpha value is -1.29. The number of carboxylic acid groups (broad SMARTS) is 1. The van der Waals surface area contributed by atoms with Gasteiger partial charge in [0.25, 0.3) is 0 Å². The third-order valence-electron chi connectivity index (χ3n) is 2.86. The predicted octanol–water partition coefficient (Wildman–Crippen LogP) is 3.73. The summed E-state index contributed by atoms with van der Waals surface area (Å²) in [6, 6.07) is 5.60. The van der Waals surface area contributed by atoms with E-state index >= 15 is 0 Å². The highest BCUT2D eigenvalue weighted by molar-refractivity contribution is 9.10. The van der Waals surface area contributed by atoms with Crippen molar-refractivity contribution in [3.8, 4) is 5.75 Å². The van der Waals surface area contributed by atoms with Crippen LogP contribution in [0.4, 0.5) is 0 Å². The van der Waals surface area contributed by atoms with Gasteiger partial charge in [0.2, 0.25) is 0 Å². The highest BCUT2D eigenvalue weighted by Gasteiger charge is 2.20. The van der Waals surface area contributed by atoms with Gasteiger partial charge in [-0.15, -0.1) is 0 Å². The minimum Gasteiger partial charge on any atom is -0.494 e. The van der Waals surface area contributed by atoms with Gasteiger partial charge in [0, 0.05) is 10.5 Å². The minimum absolute atomic E-state index is 0.731. The van der Waals surface area contributed by atoms with Crippen molar-refractivity contribution < 1.29 is 14.6 Å². The summed E-state index contributed by atoms with van der Waals surface area (Å²) in [7, 11) is 0. The highest BCUT2D eigenvalue weighted by Crippen LogP contribution is 2.32. The molecule has 3 nitrogen and oxygen atoms in total. The largest absolute Gasteiger partial charge is 0.494 e. The molecular weight excluding hydrogens is 296 g/mol. The molecule has 1 aromatic carbocycles. The van der Waals surface area contributed by atoms with Crippen LogP contribution in [0.3, 0.4) is 0 Å². The van der Waals surface area contributed by atoms with Crippen molar-refractivity contribution in [2.45, 2.75) is 19.3 Å². The van der Waals surface area contributed by atoms with Gasteiger partial charge in [-0.3, -0.25) is 0 Å². The fourth-order valence-corrected chi connectivity index (χ4v) is 2.03. The molecule has 0 unspecified atom stereocenters. The monoisotopic (exact) mass is 310 g/mol. The van der Waals surface area contributed by atoms with Gasteiger partial charge >= 0.3 is 5.97 Å². The molecule has 1 saturated carbocycles. The van der Waals surface area contributed by atoms with E-state index in [9.17, 15) is 4.79 Å². The first kappa shape index (κ1) is 13.1. The maximum atomic E-state index is 10.5. The van der Waals surface area contributed by atoms with E-state index in [4.69, 9.17) is 9.84 Å². The summed E-state index contributed by atoms with van der Waals surface area (Å²) in [4.78, 5) is 10.5. The van der Waals surface area contributed by atoms with Gasteiger partial charge in [-0.05, 0) is 42.2 Å². The first-order valence-electron chi connectivity index (χ1n) is 5.98. The standard InChI is InChI=1S/C14H15BrO3/c15-13-5-4-12(18-8-7-10-1-2-10)9-11(13)3-6-14(16)17/h3-6,9-10H,1-2,7-8H2,(H,16,17)/b6-3+. The lowest BCUT2D eigenvalue weighted by Gasteiger charge is -2.07. The second-order valence-electron chi connectivity index (χ2n) is 4.44. The number of ether oxygens (including phenoxy) is 1. The second-order valence-corrected chi connectivity index (χ2v) is 5.29. The molecule has 2 rings (SSSR count). The van der Waals surface area contributed by atoms with Gasteiger partial charge in [0.15, 0.2) is 0 Å². The van der Waals surface area contributed by atoms with Crippen molar-refractivity contribution in [2.24, 2.45) is 5.92 Å². The average Bonchev–Trinajstić information content (AvgIpc) is 3.13. The Morgan fingerprint density at radius 3 is 2.94 bits per heavy atom. The third-order valence-corrected chi connectivity index (χ3v) is 3.59. The van der Waals surface area contributed by atoms with Crippen molar-refractivity contribution in [3.05, 3.63) is 34.3 Å². The first-order valence-corrected chi connectivity index (χ1v) is 6.78. The molecular formula is C14H15BrO3. The zero-order chi connectivity index (χ0) is 13.0. The number of hydrogen-bond acceptors (Lipinski definition) is 2. The van der Waals surface area contributed by atoms with Gasteiger partial charge in [-0.2, -0.15) is 0 Å². The fraction of sp³-hybridized carbons (Fsp3) is 0.357. The van der Waals surface area contributed by atoms with Gasteiger partial charge in [0.05, 0.1) is 6.61 Å². The zero-order valence-electron chi connectivity index (χ0n) is 9.93. The lowest BCUT2D eigenvalue weighted by Crippen LogP contribution is -1.98. The van der Waals surface area contributed by atoms with E-state index in [1.807, 2.05) is 18.2 Å². The number of halogens is 1. The van der Waals surface area contributed by atoms with E-state index in [0.29, 0.717) is 0 Å². The smallest absolute Gasteiger partial charge is 0.328 e. The molecule has 96 valence electrons. The summed E-state index contributed by atoms with van der Waals surface area (Å²) in [6.45, 7) is 0.731. The van der Waals surface area contributed by atoms with Crippen molar-refractivity contribution in [2.75, 3.05) is 6.61 Å². The van der Waals surface area contributed by atoms with Crippen molar-refractivity contribution in [1.82, 2.24) is 0 Å². The Balaban J connectivity index is 1.97. The van der Waals surface area contributed by atoms with Crippen LogP contribution >= 0.6 is 15.9 Å². The van der Waals surface area contributed by atoms with E-state index in [1.54, 1.807) is 6.08 Å². The molecule has 1 aliphatic rings. The van der Waals surface area contributed by atoms with Crippen LogP contribution in [0.1, 0.15) is 24.8 Å². The molecule has 0 aliphatic heterocycles. The van der Waals surface area contributed by atoms with E-state index in [-0.39, 0.29) is 0 Å². The number of rotatable bonds is 6. The molecule has 0 heterocycles. The van der Waals surface area contributed by atoms with E-state index < -0.39 is 5.97 Å². The van der Waals surface area contributed by atoms with E-state index in [1.165, 1.54) is 12.8 Å². The van der Waals surface area contributed by atoms with E-state index in [0.717, 1.165) is 40.8 Å². The summed E-state index contributed by atoms with van der Waals surface area (Å²) in [5.74, 6) is 0.678. The number of benzene rings is 1. The second kappa shape index (κ2) is 6.05. The Morgan fingerprint density at radius 1 is 1.50 bits per heavy atom. The lowest BCUT2D eigenvalue weighted by molar-refractivity contribution is -0.131. The number of aliphatic carboxylic acids is 1. The van der Waals surface area contributed by atoms with Crippen molar-refractivity contribution in [1.29, 1.82) is 0 Å². The predicted molar refractivity (Wildman–Crippen MR) is 73.6 cm³/mol. The average molecular weight is 311 g/mol. The molecule has 0 amide bonds. The number of hydrogen-bond donors (Lipinski definition) is 1. The fourth-order valence-electron chi connectivity index (χ4n) is 1.65. The molecule has 1 N–H and O–H groups in total. The zero-order valence-corrected chi connectivity index (χ0v) is 11.5. The number of carbonyl (C=O) groups is 1. The summed E-state index contributed by atoms with van der Waals surface area (Å²) in [5.41, 5.74) is 0.807. The molecule has 0 radical (unpaired) electrons. The van der Waals surface area contributed by atoms with Crippen LogP contribution in [0.25, 0.3) is 6.08 Å². The van der Waals surface area contributed by atoms with Crippen LogP contribution in [-0.2, 0) is 4.79 Å². The maximum Gasteiger partial charge on any atom is 0.328 e. The first-order chi connectivity index (χ1) is 8.65. The minimum atomic E-state index is -0.957. The summed E-state index contributed by atoms with van der Waals surface area (Å²) >= 11 is 3.38. The molecule has 18 heavy (non-hydrogen) atoms. The van der Waals surface area contributed by atoms with Crippen LogP contribution in [0, 0.1) is 5.92 Å². The molecule has 1 fully saturated rings. The maximum absolute atomic E-state index is 10.5. The summed E-state index contributed by atoms with van der Waals surface area (Å²) < 4.78 is 6.51. The molecule has 0 bridgehead atoms. The van der Waals surface area contributed by atoms with Crippen molar-refractivity contribution in [3.63, 3.8) is 0 Å². The van der Waals surface area contributed by atoms with Crippen LogP contribution in [0.15, 0.2) is 28.7 Å². The van der Waals surface area contributed by atoms with Crippen LogP contribution in [0.5, 0.6) is 5.75 Å². The molecule has 0 atom stereocenters. The molecule has 4 heteroatoms.